The smallest absolute Gasteiger partial charge is 0.407 e. The van der Waals surface area contributed by atoms with Crippen LogP contribution in [0, 0.1) is 0 Å². The molecule has 19 nitrogen and oxygen atoms in total. The molecule has 3 heterocycles. The highest BCUT2D eigenvalue weighted by Crippen LogP contribution is 2.26. The van der Waals surface area contributed by atoms with E-state index in [9.17, 15) is 24.0 Å². The summed E-state index contributed by atoms with van der Waals surface area (Å²) in [4.78, 5) is 107. The summed E-state index contributed by atoms with van der Waals surface area (Å²) in [6.07, 6.45) is 0.652. The molecule has 0 saturated carbocycles. The Morgan fingerprint density at radius 3 is 1.87 bits per heavy atom. The molecule has 7 amide bonds. The zero-order valence-corrected chi connectivity index (χ0v) is 42.7. The number of carbonyl (C=O) groups excluding carboxylic acids is 7. The minimum atomic E-state index is -1.42. The molecule has 0 aliphatic carbocycles. The van der Waals surface area contributed by atoms with Crippen LogP contribution in [-0.2, 0) is 59.4 Å². The number of nitrogens with two attached hydrogens (primary N) is 2. The third kappa shape index (κ3) is 14.9. The third-order valence-corrected chi connectivity index (χ3v) is 13.7. The molecule has 8 rings (SSSR count). The summed E-state index contributed by atoms with van der Waals surface area (Å²) < 4.78 is 11.8. The number of amides is 7. The molecular weight excluding hydrogens is 981 g/mol. The Kier molecular flexibility index (Phi) is 19.0. The van der Waals surface area contributed by atoms with E-state index in [1.165, 1.54) is 4.90 Å². The molecule has 5 aromatic carbocycles. The van der Waals surface area contributed by atoms with E-state index < -0.39 is 83.9 Å². The number of aromatic amines is 1. The first kappa shape index (κ1) is 54.7. The van der Waals surface area contributed by atoms with Crippen molar-refractivity contribution in [2.75, 3.05) is 26.2 Å². The lowest BCUT2D eigenvalue weighted by molar-refractivity contribution is -0.143. The van der Waals surface area contributed by atoms with Crippen LogP contribution in [0.15, 0.2) is 146 Å². The molecule has 0 radical (unpaired) electrons. The Labute approximate surface area is 446 Å². The van der Waals surface area contributed by atoms with Crippen molar-refractivity contribution in [3.05, 3.63) is 174 Å². The number of alkyl carbamates (subject to hydrolysis) is 1. The maximum absolute atomic E-state index is 15.3. The second kappa shape index (κ2) is 26.8. The summed E-state index contributed by atoms with van der Waals surface area (Å²) in [5.74, 6) is -3.76. The molecule has 19 heteroatoms. The van der Waals surface area contributed by atoms with E-state index in [2.05, 4.69) is 36.9 Å². The van der Waals surface area contributed by atoms with E-state index >= 15 is 9.59 Å². The predicted octanol–water partition coefficient (Wildman–Crippen LogP) is 3.37. The van der Waals surface area contributed by atoms with Gasteiger partial charge in [-0.25, -0.2) is 4.79 Å². The Morgan fingerprint density at radius 1 is 0.584 bits per heavy atom. The van der Waals surface area contributed by atoms with Crippen LogP contribution in [0.1, 0.15) is 59.5 Å². The third-order valence-electron chi connectivity index (χ3n) is 13.7. The highest BCUT2D eigenvalue weighted by Gasteiger charge is 2.45. The molecule has 0 bridgehead atoms. The molecule has 1 aromatic heterocycles. The number of fused-ring (bicyclic) bond motifs is 2. The molecule has 7 atom stereocenters. The number of hydrogen-bond donors (Lipinski definition) is 9. The molecule has 2 saturated heterocycles. The van der Waals surface area contributed by atoms with Crippen molar-refractivity contribution >= 4 is 52.4 Å². The lowest BCUT2D eigenvalue weighted by atomic mass is 9.99. The van der Waals surface area contributed by atoms with Crippen molar-refractivity contribution < 1.29 is 43.0 Å². The van der Waals surface area contributed by atoms with E-state index in [4.69, 9.17) is 20.9 Å². The fourth-order valence-electron chi connectivity index (χ4n) is 9.65. The van der Waals surface area contributed by atoms with Crippen LogP contribution >= 0.6 is 0 Å². The van der Waals surface area contributed by atoms with Crippen LogP contribution < -0.4 is 48.1 Å². The van der Waals surface area contributed by atoms with Gasteiger partial charge in [0.2, 0.25) is 35.4 Å². The molecule has 6 aromatic rings. The Morgan fingerprint density at radius 2 is 1.17 bits per heavy atom. The van der Waals surface area contributed by atoms with E-state index in [1.807, 2.05) is 60.7 Å². The normalized spacial score (nSPS) is 21.6. The second-order valence-corrected chi connectivity index (χ2v) is 19.2. The van der Waals surface area contributed by atoms with Crippen LogP contribution in [-0.4, -0.2) is 114 Å². The first-order valence-electron chi connectivity index (χ1n) is 26.0. The molecule has 2 aliphatic rings. The van der Waals surface area contributed by atoms with E-state index in [0.29, 0.717) is 54.0 Å². The summed E-state index contributed by atoms with van der Waals surface area (Å²) in [7, 11) is 0. The van der Waals surface area contributed by atoms with Crippen LogP contribution in [0.5, 0.6) is 5.75 Å². The lowest BCUT2D eigenvalue weighted by Crippen LogP contribution is -2.61. The van der Waals surface area contributed by atoms with Gasteiger partial charge in [0, 0.05) is 55.9 Å². The fourth-order valence-corrected chi connectivity index (χ4v) is 9.65. The van der Waals surface area contributed by atoms with Gasteiger partial charge in [0.25, 0.3) is 0 Å². The highest BCUT2D eigenvalue weighted by atomic mass is 16.6. The summed E-state index contributed by atoms with van der Waals surface area (Å²) >= 11 is 0. The van der Waals surface area contributed by atoms with E-state index in [0.717, 1.165) is 16.5 Å². The quantitative estimate of drug-likeness (QED) is 0.0598. The zero-order chi connectivity index (χ0) is 54.1. The number of rotatable bonds is 17. The minimum absolute atomic E-state index is 0.0385. The number of nitrogens with zero attached hydrogens (tertiary/aromatic N) is 1. The van der Waals surface area contributed by atoms with Gasteiger partial charge in [-0.3, -0.25) is 28.8 Å². The van der Waals surface area contributed by atoms with Crippen molar-refractivity contribution in [3.63, 3.8) is 0 Å². The molecule has 402 valence electrons. The van der Waals surface area contributed by atoms with E-state index in [1.54, 1.807) is 85.1 Å². The van der Waals surface area contributed by atoms with Crippen molar-refractivity contribution in [1.29, 1.82) is 0 Å². The van der Waals surface area contributed by atoms with Gasteiger partial charge in [0.15, 0.2) is 0 Å². The molecule has 2 fully saturated rings. The van der Waals surface area contributed by atoms with Crippen molar-refractivity contribution in [2.45, 2.75) is 93.9 Å². The van der Waals surface area contributed by atoms with Crippen molar-refractivity contribution in [1.82, 2.24) is 41.8 Å². The first-order chi connectivity index (χ1) is 37.5. The Hall–Kier alpha value is -8.55. The summed E-state index contributed by atoms with van der Waals surface area (Å²) in [5, 5.41) is 17.9. The number of ether oxygens (including phenoxy) is 2. The van der Waals surface area contributed by atoms with Crippen LogP contribution in [0.4, 0.5) is 4.79 Å². The molecule has 77 heavy (non-hydrogen) atoms. The van der Waals surface area contributed by atoms with Crippen molar-refractivity contribution in [3.8, 4) is 5.75 Å². The van der Waals surface area contributed by atoms with Gasteiger partial charge in [0.05, 0.1) is 6.54 Å². The summed E-state index contributed by atoms with van der Waals surface area (Å²) in [6.45, 7) is 0.617. The fraction of sp³-hybridized carbons (Fsp3) is 0.328. The van der Waals surface area contributed by atoms with Gasteiger partial charge in [-0.2, -0.15) is 0 Å². The van der Waals surface area contributed by atoms with Gasteiger partial charge in [-0.15, -0.1) is 0 Å². The molecule has 11 N–H and O–H groups in total. The average Bonchev–Trinajstić information content (AvgIpc) is 4.08. The largest absolute Gasteiger partial charge is 0.489 e. The number of para-hydroxylation sites is 1. The molecule has 0 spiro atoms. The lowest BCUT2D eigenvalue weighted by Gasteiger charge is -2.32. The maximum Gasteiger partial charge on any atom is 0.407 e. The average molecular weight is 1050 g/mol. The van der Waals surface area contributed by atoms with Crippen LogP contribution in [0.2, 0.25) is 0 Å². The number of unbranched alkanes of at least 4 members (excludes halogenated alkanes) is 1. The maximum atomic E-state index is 15.3. The van der Waals surface area contributed by atoms with E-state index in [-0.39, 0.29) is 51.7 Å². The predicted molar refractivity (Wildman–Crippen MR) is 288 cm³/mol. The van der Waals surface area contributed by atoms with Gasteiger partial charge < -0.3 is 62.7 Å². The number of benzene rings is 5. The second-order valence-electron chi connectivity index (χ2n) is 19.2. The van der Waals surface area contributed by atoms with Crippen LogP contribution in [0.25, 0.3) is 10.9 Å². The summed E-state index contributed by atoms with van der Waals surface area (Å²) in [5.41, 5.74) is 15.7. The first-order valence-corrected chi connectivity index (χ1v) is 26.0. The Bertz CT molecular complexity index is 2960. The highest BCUT2D eigenvalue weighted by molar-refractivity contribution is 5.99. The van der Waals surface area contributed by atoms with Gasteiger partial charge in [-0.1, -0.05) is 121 Å². The minimum Gasteiger partial charge on any atom is -0.489 e. The number of aromatic nitrogens is 1. The number of nitrogens with one attached hydrogen (secondary N) is 7. The van der Waals surface area contributed by atoms with Gasteiger partial charge >= 0.3 is 6.09 Å². The molecule has 2 aliphatic heterocycles. The number of carbonyl (C=O) groups is 7. The van der Waals surface area contributed by atoms with Crippen molar-refractivity contribution in [2.24, 2.45) is 11.5 Å². The zero-order valence-electron chi connectivity index (χ0n) is 42.7. The SMILES string of the molecule is NCCCC[C@@H]1NC(=O)[C@@H](Cc2c[nH]c3ccccc23)NC(=O)[C@H](c2ccccc2)NC(=O)C2C[C@@H](OC(=O)NCCN)CN2C(=O)[C@H](Cc2ccccc2)NC(=O)[C@H](Cc2ccc(OCc3ccccc3)cc2)NC1=O. The van der Waals surface area contributed by atoms with Crippen LogP contribution in [0.3, 0.4) is 0 Å². The van der Waals surface area contributed by atoms with Gasteiger partial charge in [-0.05, 0) is 71.8 Å². The van der Waals surface area contributed by atoms with Gasteiger partial charge in [0.1, 0.15) is 54.7 Å². The monoisotopic (exact) mass is 1050 g/mol. The standard InChI is InChI=1S/C58H66N10O9/c59-27-13-12-22-46-52(69)64-47(30-38-23-25-42(26-24-38)76-36-39-16-6-2-7-17-39)53(70)66-49(31-37-14-4-1-5-15-37)57(74)68-35-43(77-58(75)61-29-28-60)33-50(68)55(72)67-51(40-18-8-3-9-19-40)56(73)65-48(54(71)63-46)32-41-34-62-45-21-11-10-20-44(41)45/h1-11,14-21,23-26,34,43,46-51,62H,12-13,22,27-33,35-36,59-60H2,(H,61,75)(H,63,71)(H,64,69)(H,65,73)(H,66,70)(H,67,72)/t43-,46+,47+,48-,49+,50?,51+/m1/s1. The molecular formula is C58H66N10O9. The molecule has 1 unspecified atom stereocenters. The number of H-pyrrole nitrogens is 1. The number of hydrogen-bond acceptors (Lipinski definition) is 11. The topological polar surface area (TPSA) is 281 Å². The Balaban J connectivity index is 1.19. The summed E-state index contributed by atoms with van der Waals surface area (Å²) in [6, 6.07) is 33.6.